The van der Waals surface area contributed by atoms with Gasteiger partial charge in [0.1, 0.15) is 12.4 Å². The molecule has 1 aromatic carbocycles. The largest absolute Gasteiger partial charge is 0.490 e. The van der Waals surface area contributed by atoms with Crippen molar-refractivity contribution in [2.45, 2.75) is 56.7 Å². The Morgan fingerprint density at radius 2 is 2.05 bits per heavy atom. The molecule has 2 aliphatic carbocycles. The Bertz CT molecular complexity index is 468. The highest BCUT2D eigenvalue weighted by Crippen LogP contribution is 2.31. The van der Waals surface area contributed by atoms with Gasteiger partial charge in [0, 0.05) is 23.2 Å². The van der Waals surface area contributed by atoms with Gasteiger partial charge >= 0.3 is 0 Å². The zero-order valence-corrected chi connectivity index (χ0v) is 12.5. The molecular formula is C16H22ClNO2. The molecule has 2 saturated carbocycles. The van der Waals surface area contributed by atoms with Gasteiger partial charge in [-0.25, -0.2) is 0 Å². The first-order valence-corrected chi connectivity index (χ1v) is 7.89. The van der Waals surface area contributed by atoms with Crippen LogP contribution in [0.5, 0.6) is 5.75 Å². The Kier molecular flexibility index (Phi) is 4.20. The van der Waals surface area contributed by atoms with Gasteiger partial charge in [0.15, 0.2) is 0 Å². The van der Waals surface area contributed by atoms with Crippen LogP contribution in [-0.2, 0) is 6.54 Å². The maximum atomic E-state index is 10.4. The number of hydrogen-bond acceptors (Lipinski definition) is 3. The van der Waals surface area contributed by atoms with Crippen molar-refractivity contribution in [1.29, 1.82) is 0 Å². The second-order valence-electron chi connectivity index (χ2n) is 6.13. The van der Waals surface area contributed by atoms with E-state index in [1.807, 2.05) is 18.2 Å². The predicted molar refractivity (Wildman–Crippen MR) is 80.2 cm³/mol. The van der Waals surface area contributed by atoms with Crippen molar-refractivity contribution in [1.82, 2.24) is 5.32 Å². The molecule has 4 heteroatoms. The zero-order chi connectivity index (χ0) is 14.0. The Labute approximate surface area is 125 Å². The lowest BCUT2D eigenvalue weighted by molar-refractivity contribution is 0.00111. The predicted octanol–water partition coefficient (Wildman–Crippen LogP) is 3.28. The molecule has 2 fully saturated rings. The maximum Gasteiger partial charge on any atom is 0.124 e. The lowest BCUT2D eigenvalue weighted by atomic mass is 10.0. The molecule has 0 amide bonds. The number of hydrogen-bond donors (Lipinski definition) is 2. The van der Waals surface area contributed by atoms with Crippen LogP contribution in [-0.4, -0.2) is 23.4 Å². The highest BCUT2D eigenvalue weighted by molar-refractivity contribution is 6.30. The highest BCUT2D eigenvalue weighted by atomic mass is 35.5. The minimum absolute atomic E-state index is 0.380. The van der Waals surface area contributed by atoms with E-state index in [2.05, 4.69) is 5.32 Å². The molecule has 0 aromatic heterocycles. The van der Waals surface area contributed by atoms with E-state index in [9.17, 15) is 5.11 Å². The summed E-state index contributed by atoms with van der Waals surface area (Å²) in [6, 6.07) is 6.35. The van der Waals surface area contributed by atoms with Crippen LogP contribution >= 0.6 is 11.6 Å². The Morgan fingerprint density at radius 3 is 2.75 bits per heavy atom. The summed E-state index contributed by atoms with van der Waals surface area (Å²) in [5.41, 5.74) is 0.437. The van der Waals surface area contributed by atoms with Crippen LogP contribution in [0.15, 0.2) is 18.2 Å². The molecule has 0 unspecified atom stereocenters. The molecule has 0 spiro atoms. The lowest BCUT2D eigenvalue weighted by Gasteiger charge is -2.23. The quantitative estimate of drug-likeness (QED) is 0.846. The van der Waals surface area contributed by atoms with E-state index in [4.69, 9.17) is 16.3 Å². The first-order chi connectivity index (χ1) is 9.65. The summed E-state index contributed by atoms with van der Waals surface area (Å²) in [5, 5.41) is 14.6. The molecule has 20 heavy (non-hydrogen) atoms. The summed E-state index contributed by atoms with van der Waals surface area (Å²) in [7, 11) is 0. The number of aliphatic hydroxyl groups is 1. The molecule has 0 heterocycles. The third-order valence-electron chi connectivity index (χ3n) is 4.21. The minimum atomic E-state index is -0.638. The van der Waals surface area contributed by atoms with Crippen LogP contribution in [0.4, 0.5) is 0 Å². The van der Waals surface area contributed by atoms with E-state index in [1.165, 1.54) is 12.8 Å². The molecule has 110 valence electrons. The molecule has 2 aliphatic rings. The first kappa shape index (κ1) is 14.2. The third kappa shape index (κ3) is 3.66. The summed E-state index contributed by atoms with van der Waals surface area (Å²) in [6.07, 6.45) is 6.40. The molecule has 2 N–H and O–H groups in total. The van der Waals surface area contributed by atoms with Crippen molar-refractivity contribution in [3.8, 4) is 5.75 Å². The van der Waals surface area contributed by atoms with E-state index in [1.54, 1.807) is 0 Å². The Balaban J connectivity index is 1.64. The molecule has 3 nitrogen and oxygen atoms in total. The van der Waals surface area contributed by atoms with E-state index < -0.39 is 5.60 Å². The smallest absolute Gasteiger partial charge is 0.124 e. The number of halogens is 1. The second-order valence-corrected chi connectivity index (χ2v) is 6.56. The van der Waals surface area contributed by atoms with Crippen LogP contribution < -0.4 is 10.1 Å². The van der Waals surface area contributed by atoms with E-state index >= 15 is 0 Å². The van der Waals surface area contributed by atoms with Gasteiger partial charge in [-0.3, -0.25) is 0 Å². The Hall–Kier alpha value is -0.770. The monoisotopic (exact) mass is 295 g/mol. The summed E-state index contributed by atoms with van der Waals surface area (Å²) in [4.78, 5) is 0. The van der Waals surface area contributed by atoms with Crippen molar-refractivity contribution >= 4 is 11.6 Å². The third-order valence-corrected chi connectivity index (χ3v) is 4.45. The van der Waals surface area contributed by atoms with Crippen molar-refractivity contribution in [3.63, 3.8) is 0 Å². The summed E-state index contributed by atoms with van der Waals surface area (Å²) >= 11 is 6.07. The summed E-state index contributed by atoms with van der Waals surface area (Å²) in [5.74, 6) is 0.836. The van der Waals surface area contributed by atoms with Gasteiger partial charge < -0.3 is 15.2 Å². The fraction of sp³-hybridized carbons (Fsp3) is 0.625. The van der Waals surface area contributed by atoms with Crippen molar-refractivity contribution in [2.24, 2.45) is 0 Å². The maximum absolute atomic E-state index is 10.4. The van der Waals surface area contributed by atoms with Gasteiger partial charge in [-0.1, -0.05) is 24.4 Å². The molecule has 1 aromatic rings. The van der Waals surface area contributed by atoms with Crippen molar-refractivity contribution < 1.29 is 9.84 Å². The molecule has 0 radical (unpaired) electrons. The van der Waals surface area contributed by atoms with Crippen LogP contribution in [0.2, 0.25) is 5.02 Å². The van der Waals surface area contributed by atoms with Gasteiger partial charge in [0.05, 0.1) is 5.60 Å². The van der Waals surface area contributed by atoms with E-state index in [-0.39, 0.29) is 0 Å². The van der Waals surface area contributed by atoms with Gasteiger partial charge in [0.2, 0.25) is 0 Å². The topological polar surface area (TPSA) is 41.5 Å². The summed E-state index contributed by atoms with van der Waals surface area (Å²) in [6.45, 7) is 1.16. The molecule has 0 atom stereocenters. The fourth-order valence-electron chi connectivity index (χ4n) is 2.76. The van der Waals surface area contributed by atoms with E-state index in [0.717, 1.165) is 48.6 Å². The fourth-order valence-corrected chi connectivity index (χ4v) is 2.95. The zero-order valence-electron chi connectivity index (χ0n) is 11.7. The first-order valence-electron chi connectivity index (χ1n) is 7.52. The number of ether oxygens (including phenoxy) is 1. The molecule has 0 aliphatic heterocycles. The number of rotatable bonds is 6. The average molecular weight is 296 g/mol. The summed E-state index contributed by atoms with van der Waals surface area (Å²) < 4.78 is 5.88. The van der Waals surface area contributed by atoms with Gasteiger partial charge in [-0.2, -0.15) is 0 Å². The van der Waals surface area contributed by atoms with Crippen molar-refractivity contribution in [2.75, 3.05) is 6.61 Å². The van der Waals surface area contributed by atoms with Crippen LogP contribution in [0, 0.1) is 0 Å². The van der Waals surface area contributed by atoms with E-state index in [0.29, 0.717) is 12.6 Å². The average Bonchev–Trinajstić information content (AvgIpc) is 3.17. The highest BCUT2D eigenvalue weighted by Gasteiger charge is 2.32. The number of nitrogens with one attached hydrogen (secondary N) is 1. The number of benzene rings is 1. The SMILES string of the molecule is OC1(COc2ccc(Cl)cc2CNC2CC2)CCCC1. The minimum Gasteiger partial charge on any atom is -0.490 e. The van der Waals surface area contributed by atoms with Crippen LogP contribution in [0.3, 0.4) is 0 Å². The standard InChI is InChI=1S/C16H22ClNO2/c17-13-3-6-15(12(9-13)10-18-14-4-5-14)20-11-16(19)7-1-2-8-16/h3,6,9,14,18-19H,1-2,4-5,7-8,10-11H2. The molecule has 3 rings (SSSR count). The van der Waals surface area contributed by atoms with Crippen molar-refractivity contribution in [3.05, 3.63) is 28.8 Å². The van der Waals surface area contributed by atoms with Gasteiger partial charge in [-0.05, 0) is 43.9 Å². The second kappa shape index (κ2) is 5.92. The molecule has 0 bridgehead atoms. The van der Waals surface area contributed by atoms with Gasteiger partial charge in [-0.15, -0.1) is 0 Å². The lowest BCUT2D eigenvalue weighted by Crippen LogP contribution is -2.32. The molecular weight excluding hydrogens is 274 g/mol. The normalized spacial score (nSPS) is 21.1. The molecule has 0 saturated heterocycles. The van der Waals surface area contributed by atoms with Crippen LogP contribution in [0.25, 0.3) is 0 Å². The Morgan fingerprint density at radius 1 is 1.30 bits per heavy atom. The van der Waals surface area contributed by atoms with Gasteiger partial charge in [0.25, 0.3) is 0 Å². The van der Waals surface area contributed by atoms with Crippen LogP contribution in [0.1, 0.15) is 44.1 Å².